The fraction of sp³-hybridized carbons (Fsp3) is 0.333. The molecular weight excluding hydrogens is 286 g/mol. The molecule has 0 aromatic carbocycles. The Hall–Kier alpha value is -1.24. The molecule has 0 spiro atoms. The third-order valence-electron chi connectivity index (χ3n) is 1.89. The summed E-state index contributed by atoms with van der Waals surface area (Å²) >= 11 is 2.99. The number of nitrogens with zero attached hydrogens (tertiary/aromatic N) is 1. The van der Waals surface area contributed by atoms with Crippen molar-refractivity contribution in [1.29, 1.82) is 0 Å². The number of methoxy groups -OCH3 is 1. The molecule has 0 saturated carbocycles. The molecule has 0 atom stereocenters. The Balaban J connectivity index is 3.14. The summed E-state index contributed by atoms with van der Waals surface area (Å²) in [5.74, 6) is -0.584. The van der Waals surface area contributed by atoms with Crippen LogP contribution in [-0.4, -0.2) is 18.1 Å². The van der Waals surface area contributed by atoms with Crippen LogP contribution >= 0.6 is 15.9 Å². The Labute approximate surface area is 98.9 Å². The lowest BCUT2D eigenvalue weighted by atomic mass is 10.1. The minimum Gasteiger partial charge on any atom is -0.469 e. The Bertz CT molecular complexity index is 413. The van der Waals surface area contributed by atoms with Crippen LogP contribution in [0.25, 0.3) is 0 Å². The van der Waals surface area contributed by atoms with Gasteiger partial charge in [-0.15, -0.1) is 0 Å². The molecule has 0 aliphatic carbocycles. The fourth-order valence-electron chi connectivity index (χ4n) is 1.10. The standard InChI is InChI=1S/C9H9BrF2N2O2/c1-16-7(15)3-6-4(8(11)12)2-5(10)9(13)14-6/h2,8H,3H2,1H3,(H2,13,14). The highest BCUT2D eigenvalue weighted by molar-refractivity contribution is 9.10. The lowest BCUT2D eigenvalue weighted by Gasteiger charge is -2.09. The molecule has 16 heavy (non-hydrogen) atoms. The summed E-state index contributed by atoms with van der Waals surface area (Å²) in [6.07, 6.45) is -3.04. The Morgan fingerprint density at radius 3 is 2.81 bits per heavy atom. The Kier molecular flexibility index (Phi) is 4.17. The normalized spacial score (nSPS) is 10.6. The van der Waals surface area contributed by atoms with E-state index in [9.17, 15) is 13.6 Å². The first kappa shape index (κ1) is 12.8. The van der Waals surface area contributed by atoms with Crippen molar-refractivity contribution in [3.8, 4) is 0 Å². The smallest absolute Gasteiger partial charge is 0.311 e. The number of aromatic nitrogens is 1. The van der Waals surface area contributed by atoms with Crippen LogP contribution in [0.2, 0.25) is 0 Å². The van der Waals surface area contributed by atoms with E-state index in [2.05, 4.69) is 25.7 Å². The Morgan fingerprint density at radius 2 is 2.31 bits per heavy atom. The average Bonchev–Trinajstić information content (AvgIpc) is 2.22. The summed E-state index contributed by atoms with van der Waals surface area (Å²) in [7, 11) is 1.17. The highest BCUT2D eigenvalue weighted by atomic mass is 79.9. The number of carbonyl (C=O) groups excluding carboxylic acids is 1. The number of anilines is 1. The van der Waals surface area contributed by atoms with Gasteiger partial charge in [0.05, 0.1) is 23.7 Å². The first-order valence-electron chi connectivity index (χ1n) is 4.25. The Morgan fingerprint density at radius 1 is 1.69 bits per heavy atom. The van der Waals surface area contributed by atoms with Gasteiger partial charge in [0.15, 0.2) is 0 Å². The number of alkyl halides is 2. The molecule has 0 radical (unpaired) electrons. The molecule has 4 nitrogen and oxygen atoms in total. The zero-order valence-electron chi connectivity index (χ0n) is 8.34. The molecule has 7 heteroatoms. The van der Waals surface area contributed by atoms with Gasteiger partial charge >= 0.3 is 5.97 Å². The van der Waals surface area contributed by atoms with Crippen molar-refractivity contribution >= 4 is 27.7 Å². The summed E-state index contributed by atoms with van der Waals surface area (Å²) in [6.45, 7) is 0. The second kappa shape index (κ2) is 5.20. The predicted octanol–water partition coefficient (Wildman–Crippen LogP) is 2.08. The van der Waals surface area contributed by atoms with Gasteiger partial charge in [0.1, 0.15) is 5.82 Å². The number of pyridine rings is 1. The van der Waals surface area contributed by atoms with Crippen molar-refractivity contribution in [2.45, 2.75) is 12.8 Å². The number of rotatable bonds is 3. The van der Waals surface area contributed by atoms with E-state index >= 15 is 0 Å². The molecule has 1 rings (SSSR count). The molecule has 0 bridgehead atoms. The lowest BCUT2D eigenvalue weighted by molar-refractivity contribution is -0.139. The zero-order chi connectivity index (χ0) is 12.3. The van der Waals surface area contributed by atoms with E-state index in [0.717, 1.165) is 6.07 Å². The molecule has 2 N–H and O–H groups in total. The van der Waals surface area contributed by atoms with Gasteiger partial charge in [-0.25, -0.2) is 13.8 Å². The van der Waals surface area contributed by atoms with Crippen LogP contribution in [0.4, 0.5) is 14.6 Å². The van der Waals surface area contributed by atoms with Gasteiger partial charge in [-0.1, -0.05) is 0 Å². The van der Waals surface area contributed by atoms with Crippen LogP contribution in [0.5, 0.6) is 0 Å². The minimum absolute atomic E-state index is 0.0586. The monoisotopic (exact) mass is 294 g/mol. The van der Waals surface area contributed by atoms with Crippen LogP contribution in [0.1, 0.15) is 17.7 Å². The van der Waals surface area contributed by atoms with Gasteiger partial charge in [-0.3, -0.25) is 4.79 Å². The first-order valence-corrected chi connectivity index (χ1v) is 5.04. The third kappa shape index (κ3) is 2.88. The molecule has 0 aliphatic heterocycles. The molecule has 0 aliphatic rings. The maximum absolute atomic E-state index is 12.6. The van der Waals surface area contributed by atoms with Crippen molar-refractivity contribution in [2.75, 3.05) is 12.8 Å². The second-order valence-electron chi connectivity index (χ2n) is 2.94. The largest absolute Gasteiger partial charge is 0.469 e. The number of ether oxygens (including phenoxy) is 1. The topological polar surface area (TPSA) is 65.2 Å². The van der Waals surface area contributed by atoms with Gasteiger partial charge in [-0.2, -0.15) is 0 Å². The molecule has 1 heterocycles. The van der Waals surface area contributed by atoms with E-state index in [-0.39, 0.29) is 28.0 Å². The average molecular weight is 295 g/mol. The highest BCUT2D eigenvalue weighted by Crippen LogP contribution is 2.28. The van der Waals surface area contributed by atoms with E-state index in [1.54, 1.807) is 0 Å². The summed E-state index contributed by atoms with van der Waals surface area (Å²) in [5.41, 5.74) is 5.06. The van der Waals surface area contributed by atoms with Crippen LogP contribution in [0, 0.1) is 0 Å². The summed E-state index contributed by atoms with van der Waals surface area (Å²) in [6, 6.07) is 1.16. The van der Waals surface area contributed by atoms with Crippen LogP contribution in [0.15, 0.2) is 10.5 Å². The lowest BCUT2D eigenvalue weighted by Crippen LogP contribution is -2.10. The molecular formula is C9H9BrF2N2O2. The van der Waals surface area contributed by atoms with Crippen LogP contribution in [0.3, 0.4) is 0 Å². The first-order chi connectivity index (χ1) is 7.45. The fourth-order valence-corrected chi connectivity index (χ4v) is 1.43. The number of nitrogen functional groups attached to an aromatic ring is 1. The van der Waals surface area contributed by atoms with E-state index < -0.39 is 12.4 Å². The molecule has 0 amide bonds. The highest BCUT2D eigenvalue weighted by Gasteiger charge is 2.19. The van der Waals surface area contributed by atoms with Gasteiger partial charge in [0.25, 0.3) is 6.43 Å². The van der Waals surface area contributed by atoms with Crippen LogP contribution in [-0.2, 0) is 16.0 Å². The molecule has 0 saturated heterocycles. The summed E-state index contributed by atoms with van der Waals surface area (Å²) in [4.78, 5) is 14.7. The SMILES string of the molecule is COC(=O)Cc1nc(N)c(Br)cc1C(F)F. The number of hydrogen-bond acceptors (Lipinski definition) is 4. The molecule has 1 aromatic rings. The van der Waals surface area contributed by atoms with Crippen LogP contribution < -0.4 is 5.73 Å². The third-order valence-corrected chi connectivity index (χ3v) is 2.53. The molecule has 0 fully saturated rings. The van der Waals surface area contributed by atoms with Gasteiger partial charge in [-0.05, 0) is 22.0 Å². The molecule has 88 valence electrons. The zero-order valence-corrected chi connectivity index (χ0v) is 9.92. The van der Waals surface area contributed by atoms with Crippen molar-refractivity contribution < 1.29 is 18.3 Å². The maximum Gasteiger partial charge on any atom is 0.311 e. The quantitative estimate of drug-likeness (QED) is 0.867. The van der Waals surface area contributed by atoms with E-state index in [1.165, 1.54) is 7.11 Å². The van der Waals surface area contributed by atoms with Crippen molar-refractivity contribution in [2.24, 2.45) is 0 Å². The van der Waals surface area contributed by atoms with Crippen molar-refractivity contribution in [3.63, 3.8) is 0 Å². The number of carbonyl (C=O) groups is 1. The predicted molar refractivity (Wildman–Crippen MR) is 57.0 cm³/mol. The van der Waals surface area contributed by atoms with Gasteiger partial charge in [0.2, 0.25) is 0 Å². The van der Waals surface area contributed by atoms with Gasteiger partial charge in [0, 0.05) is 5.56 Å². The minimum atomic E-state index is -2.72. The maximum atomic E-state index is 12.6. The van der Waals surface area contributed by atoms with Crippen molar-refractivity contribution in [3.05, 3.63) is 21.8 Å². The number of esters is 1. The van der Waals surface area contributed by atoms with Crippen molar-refractivity contribution in [1.82, 2.24) is 4.98 Å². The van der Waals surface area contributed by atoms with E-state index in [0.29, 0.717) is 0 Å². The molecule has 1 aromatic heterocycles. The van der Waals surface area contributed by atoms with E-state index in [4.69, 9.17) is 5.73 Å². The number of halogens is 3. The van der Waals surface area contributed by atoms with E-state index in [1.807, 2.05) is 0 Å². The summed E-state index contributed by atoms with van der Waals surface area (Å²) in [5, 5.41) is 0. The summed E-state index contributed by atoms with van der Waals surface area (Å²) < 4.78 is 29.9. The molecule has 0 unspecified atom stereocenters. The van der Waals surface area contributed by atoms with Gasteiger partial charge < -0.3 is 10.5 Å². The number of hydrogen-bond donors (Lipinski definition) is 1. The number of nitrogens with two attached hydrogens (primary N) is 1. The second-order valence-corrected chi connectivity index (χ2v) is 3.80.